The minimum atomic E-state index is -0.330. The van der Waals surface area contributed by atoms with E-state index in [0.717, 1.165) is 0 Å². The van der Waals surface area contributed by atoms with Gasteiger partial charge in [-0.1, -0.05) is 15.9 Å². The van der Waals surface area contributed by atoms with Gasteiger partial charge in [-0.05, 0) is 27.7 Å². The predicted molar refractivity (Wildman–Crippen MR) is 47.1 cm³/mol. The molecule has 0 saturated heterocycles. The summed E-state index contributed by atoms with van der Waals surface area (Å²) in [7, 11) is 0. The highest BCUT2D eigenvalue weighted by Gasteiger charge is 2.18. The quantitative estimate of drug-likeness (QED) is 0.317. The molecule has 1 amide bonds. The van der Waals surface area contributed by atoms with Crippen LogP contribution in [0.2, 0.25) is 0 Å². The van der Waals surface area contributed by atoms with Gasteiger partial charge in [-0.15, -0.1) is 0 Å². The molecule has 0 N–H and O–H groups in total. The van der Waals surface area contributed by atoms with Gasteiger partial charge in [0.15, 0.2) is 0 Å². The third kappa shape index (κ3) is 5.21. The molecule has 66 valence electrons. The third-order valence-electron chi connectivity index (χ3n) is 0.834. The lowest BCUT2D eigenvalue weighted by molar-refractivity contribution is -0.218. The van der Waals surface area contributed by atoms with Crippen molar-refractivity contribution in [2.24, 2.45) is 0 Å². The molecule has 1 unspecified atom stereocenters. The van der Waals surface area contributed by atoms with E-state index in [1.165, 1.54) is 5.06 Å². The van der Waals surface area contributed by atoms with Crippen molar-refractivity contribution in [3.05, 3.63) is 0 Å². The van der Waals surface area contributed by atoms with E-state index in [2.05, 4.69) is 15.9 Å². The average molecular weight is 224 g/mol. The van der Waals surface area contributed by atoms with Crippen molar-refractivity contribution in [2.45, 2.75) is 38.2 Å². The van der Waals surface area contributed by atoms with Gasteiger partial charge in [0.2, 0.25) is 6.41 Å². The van der Waals surface area contributed by atoms with E-state index in [9.17, 15) is 4.79 Å². The number of nitrogens with zero attached hydrogens (tertiary/aromatic N) is 1. The second kappa shape index (κ2) is 4.07. The minimum Gasteiger partial charge on any atom is -0.276 e. The molecule has 0 aromatic heterocycles. The Hall–Kier alpha value is -0.0900. The first-order valence-electron chi connectivity index (χ1n) is 3.43. The molecule has 0 aliphatic heterocycles. The summed E-state index contributed by atoms with van der Waals surface area (Å²) in [6, 6.07) is 0. The third-order valence-corrected chi connectivity index (χ3v) is 1.24. The fourth-order valence-electron chi connectivity index (χ4n) is 0.494. The van der Waals surface area contributed by atoms with Crippen molar-refractivity contribution in [1.29, 1.82) is 0 Å². The van der Waals surface area contributed by atoms with Crippen LogP contribution in [0.3, 0.4) is 0 Å². The maximum Gasteiger partial charge on any atom is 0.234 e. The molecule has 3 nitrogen and oxygen atoms in total. The van der Waals surface area contributed by atoms with Crippen molar-refractivity contribution in [1.82, 2.24) is 5.06 Å². The molecule has 4 heteroatoms. The van der Waals surface area contributed by atoms with E-state index >= 15 is 0 Å². The SMILES string of the molecule is CC(Br)N(C=O)OC(C)(C)C. The van der Waals surface area contributed by atoms with Crippen LogP contribution < -0.4 is 0 Å². The lowest BCUT2D eigenvalue weighted by atomic mass is 10.2. The van der Waals surface area contributed by atoms with Crippen LogP contribution >= 0.6 is 15.9 Å². The van der Waals surface area contributed by atoms with Crippen LogP contribution in [0.15, 0.2) is 0 Å². The zero-order chi connectivity index (χ0) is 9.07. The smallest absolute Gasteiger partial charge is 0.234 e. The van der Waals surface area contributed by atoms with E-state index in [-0.39, 0.29) is 10.6 Å². The summed E-state index contributed by atoms with van der Waals surface area (Å²) in [5.74, 6) is 0. The van der Waals surface area contributed by atoms with Crippen molar-refractivity contribution >= 4 is 22.3 Å². The highest BCUT2D eigenvalue weighted by atomic mass is 79.9. The van der Waals surface area contributed by atoms with Gasteiger partial charge < -0.3 is 0 Å². The summed E-state index contributed by atoms with van der Waals surface area (Å²) in [5, 5.41) is 1.24. The van der Waals surface area contributed by atoms with Crippen LogP contribution in [0, 0.1) is 0 Å². The van der Waals surface area contributed by atoms with Crippen LogP contribution in [0.4, 0.5) is 0 Å². The second-order valence-corrected chi connectivity index (χ2v) is 4.57. The average Bonchev–Trinajstić information content (AvgIpc) is 1.80. The highest BCUT2D eigenvalue weighted by Crippen LogP contribution is 2.13. The number of halogens is 1. The molecule has 0 radical (unpaired) electrons. The fraction of sp³-hybridized carbons (Fsp3) is 0.857. The molecule has 0 aromatic rings. The lowest BCUT2D eigenvalue weighted by Crippen LogP contribution is -2.36. The molecule has 0 aliphatic rings. The Kier molecular flexibility index (Phi) is 4.03. The van der Waals surface area contributed by atoms with E-state index in [1.807, 2.05) is 27.7 Å². The van der Waals surface area contributed by atoms with Crippen molar-refractivity contribution in [3.8, 4) is 0 Å². The van der Waals surface area contributed by atoms with Crippen molar-refractivity contribution < 1.29 is 9.63 Å². The van der Waals surface area contributed by atoms with Crippen molar-refractivity contribution in [3.63, 3.8) is 0 Å². The zero-order valence-corrected chi connectivity index (χ0v) is 8.88. The number of amides is 1. The Bertz CT molecular complexity index is 131. The molecule has 0 aromatic carbocycles. The van der Waals surface area contributed by atoms with E-state index in [1.54, 1.807) is 0 Å². The summed E-state index contributed by atoms with van der Waals surface area (Å²) in [5.41, 5.74) is -0.330. The largest absolute Gasteiger partial charge is 0.276 e. The first-order chi connectivity index (χ1) is 4.87. The van der Waals surface area contributed by atoms with Crippen molar-refractivity contribution in [2.75, 3.05) is 0 Å². The Labute approximate surface area is 75.8 Å². The number of hydrogen-bond acceptors (Lipinski definition) is 2. The van der Waals surface area contributed by atoms with Crippen LogP contribution in [0.1, 0.15) is 27.7 Å². The molecule has 0 saturated carbocycles. The Morgan fingerprint density at radius 3 is 2.09 bits per heavy atom. The second-order valence-electron chi connectivity index (χ2n) is 3.24. The highest BCUT2D eigenvalue weighted by molar-refractivity contribution is 9.09. The monoisotopic (exact) mass is 223 g/mol. The van der Waals surface area contributed by atoms with Gasteiger partial charge in [0, 0.05) is 0 Å². The summed E-state index contributed by atoms with van der Waals surface area (Å²) >= 11 is 3.22. The molecule has 1 atom stereocenters. The number of carbonyl (C=O) groups excluding carboxylic acids is 1. The standard InChI is InChI=1S/C7H14BrNO2/c1-6(8)9(5-10)11-7(2,3)4/h5-6H,1-4H3. The van der Waals surface area contributed by atoms with Gasteiger partial charge in [-0.2, -0.15) is 0 Å². The van der Waals surface area contributed by atoms with Gasteiger partial charge in [-0.25, -0.2) is 5.06 Å². The normalized spacial score (nSPS) is 14.3. The van der Waals surface area contributed by atoms with E-state index < -0.39 is 0 Å². The molecule has 0 fully saturated rings. The number of hydroxylamine groups is 2. The molecule has 0 spiro atoms. The van der Waals surface area contributed by atoms with Gasteiger partial charge in [0.05, 0.1) is 5.60 Å². The fourth-order valence-corrected chi connectivity index (χ4v) is 0.674. The first kappa shape index (κ1) is 10.9. The number of carbonyl (C=O) groups is 1. The minimum absolute atomic E-state index is 0.0979. The number of hydrogen-bond donors (Lipinski definition) is 0. The molecular formula is C7H14BrNO2. The lowest BCUT2D eigenvalue weighted by Gasteiger charge is -2.28. The molecular weight excluding hydrogens is 210 g/mol. The number of rotatable bonds is 3. The topological polar surface area (TPSA) is 29.5 Å². The molecule has 11 heavy (non-hydrogen) atoms. The van der Waals surface area contributed by atoms with Gasteiger partial charge >= 0.3 is 0 Å². The maximum atomic E-state index is 10.4. The summed E-state index contributed by atoms with van der Waals surface area (Å²) in [6.45, 7) is 7.48. The van der Waals surface area contributed by atoms with Gasteiger partial charge in [0.1, 0.15) is 4.95 Å². The van der Waals surface area contributed by atoms with Crippen LogP contribution in [-0.2, 0) is 9.63 Å². The maximum absolute atomic E-state index is 10.4. The summed E-state index contributed by atoms with van der Waals surface area (Å²) in [4.78, 5) is 15.6. The molecule has 0 bridgehead atoms. The van der Waals surface area contributed by atoms with E-state index in [4.69, 9.17) is 4.84 Å². The Morgan fingerprint density at radius 1 is 1.55 bits per heavy atom. The Morgan fingerprint density at radius 2 is 2.00 bits per heavy atom. The molecule has 0 heterocycles. The van der Waals surface area contributed by atoms with Gasteiger partial charge in [0.25, 0.3) is 0 Å². The van der Waals surface area contributed by atoms with Crippen LogP contribution in [0.25, 0.3) is 0 Å². The zero-order valence-electron chi connectivity index (χ0n) is 7.30. The predicted octanol–water partition coefficient (Wildman–Crippen LogP) is 1.92. The Balaban J connectivity index is 3.99. The molecule has 0 rings (SSSR count). The van der Waals surface area contributed by atoms with Gasteiger partial charge in [-0.3, -0.25) is 9.63 Å². The van der Waals surface area contributed by atoms with Crippen LogP contribution in [-0.4, -0.2) is 22.0 Å². The van der Waals surface area contributed by atoms with E-state index in [0.29, 0.717) is 6.41 Å². The van der Waals surface area contributed by atoms with Crippen LogP contribution in [0.5, 0.6) is 0 Å². The first-order valence-corrected chi connectivity index (χ1v) is 4.35. The molecule has 0 aliphatic carbocycles. The summed E-state index contributed by atoms with van der Waals surface area (Å²) in [6.07, 6.45) is 0.657. The summed E-state index contributed by atoms with van der Waals surface area (Å²) < 4.78 is 0. The number of alkyl halides is 1.